The number of nitrogens with zero attached hydrogens (tertiary/aromatic N) is 2. The van der Waals surface area contributed by atoms with Crippen LogP contribution >= 0.6 is 0 Å². The lowest BCUT2D eigenvalue weighted by molar-refractivity contribution is -0.140. The van der Waals surface area contributed by atoms with E-state index in [0.717, 1.165) is 29.0 Å². The molecule has 3 aromatic carbocycles. The maximum absolute atomic E-state index is 14.9. The first kappa shape index (κ1) is 32.4. The highest BCUT2D eigenvalue weighted by Crippen LogP contribution is 2.34. The van der Waals surface area contributed by atoms with E-state index in [1.54, 1.807) is 12.1 Å². The minimum absolute atomic E-state index is 0.118. The lowest BCUT2D eigenvalue weighted by Gasteiger charge is -2.33. The van der Waals surface area contributed by atoms with Crippen LogP contribution in [-0.4, -0.2) is 64.7 Å². The zero-order chi connectivity index (χ0) is 30.7. The maximum Gasteiger partial charge on any atom is 0.244 e. The monoisotopic (exact) mass is 599 g/mol. The molecule has 0 saturated carbocycles. The molecule has 0 bridgehead atoms. The molecule has 2 amide bonds. The Morgan fingerprint density at radius 1 is 0.976 bits per heavy atom. The van der Waals surface area contributed by atoms with Gasteiger partial charge in [-0.3, -0.25) is 13.9 Å². The third-order valence-electron chi connectivity index (χ3n) is 6.73. The molecule has 226 valence electrons. The number of ether oxygens (including phenoxy) is 2. The molecule has 0 aliphatic rings. The molecule has 9 nitrogen and oxygen atoms in total. The van der Waals surface area contributed by atoms with Gasteiger partial charge in [-0.1, -0.05) is 61.9 Å². The van der Waals surface area contributed by atoms with Crippen molar-refractivity contribution >= 4 is 27.5 Å². The molecule has 0 spiro atoms. The highest BCUT2D eigenvalue weighted by Gasteiger charge is 2.34. The highest BCUT2D eigenvalue weighted by atomic mass is 32.2. The predicted octanol–water partition coefficient (Wildman–Crippen LogP) is 4.17. The van der Waals surface area contributed by atoms with Gasteiger partial charge >= 0.3 is 0 Å². The predicted molar refractivity (Wildman–Crippen MR) is 161 cm³/mol. The van der Waals surface area contributed by atoms with Gasteiger partial charge in [0.05, 0.1) is 26.2 Å². The minimum Gasteiger partial charge on any atom is -0.497 e. The standard InChI is InChI=1S/C31H38FN3O6S/c1-5-6-18-33-31(37)28(19-23-12-8-7-9-13-23)34(21-24-14-10-11-15-26(24)32)30(36)22-35(42(4,38)39)27-17-16-25(40-2)20-29(27)41-3/h7-17,20,28H,5-6,18-19,21-22H2,1-4H3,(H,33,37)/t28-/m1/s1. The Kier molecular flexibility index (Phi) is 11.7. The van der Waals surface area contributed by atoms with E-state index in [4.69, 9.17) is 9.47 Å². The Labute approximate surface area is 247 Å². The fraction of sp³-hybridized carbons (Fsp3) is 0.355. The smallest absolute Gasteiger partial charge is 0.244 e. The number of carbonyl (C=O) groups is 2. The van der Waals surface area contributed by atoms with Gasteiger partial charge in [-0.05, 0) is 30.2 Å². The molecule has 0 heterocycles. The van der Waals surface area contributed by atoms with Gasteiger partial charge in [-0.2, -0.15) is 0 Å². The number of hydrogen-bond acceptors (Lipinski definition) is 6. The number of rotatable bonds is 15. The Morgan fingerprint density at radius 3 is 2.29 bits per heavy atom. The number of hydrogen-bond donors (Lipinski definition) is 1. The fourth-order valence-electron chi connectivity index (χ4n) is 4.46. The average molecular weight is 600 g/mol. The molecule has 1 atom stereocenters. The molecule has 0 radical (unpaired) electrons. The van der Waals surface area contributed by atoms with Crippen molar-refractivity contribution < 1.29 is 31.9 Å². The number of unbranched alkanes of at least 4 members (excludes halogenated alkanes) is 1. The Balaban J connectivity index is 2.08. The third kappa shape index (κ3) is 8.69. The molecule has 3 rings (SSSR count). The Morgan fingerprint density at radius 2 is 1.67 bits per heavy atom. The minimum atomic E-state index is -4.01. The first-order valence-corrected chi connectivity index (χ1v) is 15.5. The number of nitrogens with one attached hydrogen (secondary N) is 1. The van der Waals surface area contributed by atoms with Gasteiger partial charge in [0.15, 0.2) is 0 Å². The largest absolute Gasteiger partial charge is 0.497 e. The topological polar surface area (TPSA) is 105 Å². The van der Waals surface area contributed by atoms with Crippen LogP contribution in [0.5, 0.6) is 11.5 Å². The summed E-state index contributed by atoms with van der Waals surface area (Å²) < 4.78 is 52.5. The first-order chi connectivity index (χ1) is 20.1. The van der Waals surface area contributed by atoms with E-state index in [-0.39, 0.29) is 30.0 Å². The average Bonchev–Trinajstić information content (AvgIpc) is 2.98. The van der Waals surface area contributed by atoms with E-state index in [0.29, 0.717) is 12.3 Å². The summed E-state index contributed by atoms with van der Waals surface area (Å²) in [5.74, 6) is -1.04. The summed E-state index contributed by atoms with van der Waals surface area (Å²) in [5, 5.41) is 2.89. The second kappa shape index (κ2) is 15.2. The molecule has 3 aromatic rings. The molecule has 0 saturated heterocycles. The van der Waals surface area contributed by atoms with Gasteiger partial charge in [0.1, 0.15) is 29.9 Å². The van der Waals surface area contributed by atoms with Crippen LogP contribution in [0.1, 0.15) is 30.9 Å². The second-order valence-electron chi connectivity index (χ2n) is 9.77. The molecule has 0 aromatic heterocycles. The normalized spacial score (nSPS) is 11.8. The molecule has 11 heteroatoms. The van der Waals surface area contributed by atoms with Crippen molar-refractivity contribution in [2.24, 2.45) is 0 Å². The number of methoxy groups -OCH3 is 2. The van der Waals surface area contributed by atoms with Crippen molar-refractivity contribution in [3.63, 3.8) is 0 Å². The Hall–Kier alpha value is -4.12. The van der Waals surface area contributed by atoms with Crippen LogP contribution in [0.25, 0.3) is 0 Å². The van der Waals surface area contributed by atoms with E-state index in [9.17, 15) is 22.4 Å². The van der Waals surface area contributed by atoms with E-state index in [1.165, 1.54) is 49.5 Å². The lowest BCUT2D eigenvalue weighted by atomic mass is 10.0. The number of halogens is 1. The molecule has 42 heavy (non-hydrogen) atoms. The number of sulfonamides is 1. The van der Waals surface area contributed by atoms with Crippen LogP contribution < -0.4 is 19.1 Å². The molecule has 0 aliphatic carbocycles. The van der Waals surface area contributed by atoms with Gasteiger partial charge in [-0.15, -0.1) is 0 Å². The van der Waals surface area contributed by atoms with Crippen LogP contribution in [0.15, 0.2) is 72.8 Å². The summed E-state index contributed by atoms with van der Waals surface area (Å²) in [7, 11) is -1.17. The van der Waals surface area contributed by atoms with Gasteiger partial charge in [0.2, 0.25) is 21.8 Å². The lowest BCUT2D eigenvalue weighted by Crippen LogP contribution is -2.53. The SMILES string of the molecule is CCCCNC(=O)[C@@H](Cc1ccccc1)N(Cc1ccccc1F)C(=O)CN(c1ccc(OC)cc1OC)S(C)(=O)=O. The number of anilines is 1. The molecule has 0 aliphatic heterocycles. The second-order valence-corrected chi connectivity index (χ2v) is 11.7. The fourth-order valence-corrected chi connectivity index (χ4v) is 5.31. The van der Waals surface area contributed by atoms with Crippen molar-refractivity contribution in [1.82, 2.24) is 10.2 Å². The van der Waals surface area contributed by atoms with Crippen LogP contribution in [-0.2, 0) is 32.6 Å². The molecule has 1 N–H and O–H groups in total. The highest BCUT2D eigenvalue weighted by molar-refractivity contribution is 7.92. The van der Waals surface area contributed by atoms with Gasteiger partial charge in [0.25, 0.3) is 0 Å². The van der Waals surface area contributed by atoms with Crippen LogP contribution in [0.2, 0.25) is 0 Å². The Bertz CT molecular complexity index is 1450. The quantitative estimate of drug-likeness (QED) is 0.263. The van der Waals surface area contributed by atoms with E-state index in [2.05, 4.69) is 5.32 Å². The van der Waals surface area contributed by atoms with Crippen LogP contribution in [0.3, 0.4) is 0 Å². The first-order valence-electron chi connectivity index (χ1n) is 13.6. The van der Waals surface area contributed by atoms with Crippen LogP contribution in [0.4, 0.5) is 10.1 Å². The van der Waals surface area contributed by atoms with Gasteiger partial charge in [-0.25, -0.2) is 12.8 Å². The summed E-state index contributed by atoms with van der Waals surface area (Å²) in [6.07, 6.45) is 2.71. The third-order valence-corrected chi connectivity index (χ3v) is 7.86. The number of benzene rings is 3. The van der Waals surface area contributed by atoms with E-state index < -0.39 is 40.2 Å². The summed E-state index contributed by atoms with van der Waals surface area (Å²) in [4.78, 5) is 29.0. The number of amides is 2. The summed E-state index contributed by atoms with van der Waals surface area (Å²) in [5.41, 5.74) is 1.10. The maximum atomic E-state index is 14.9. The molecular formula is C31H38FN3O6S. The van der Waals surface area contributed by atoms with Gasteiger partial charge < -0.3 is 19.7 Å². The van der Waals surface area contributed by atoms with Crippen molar-refractivity contribution in [2.45, 2.75) is 38.8 Å². The van der Waals surface area contributed by atoms with E-state index in [1.807, 2.05) is 37.3 Å². The molecular weight excluding hydrogens is 561 g/mol. The van der Waals surface area contributed by atoms with Crippen LogP contribution in [0, 0.1) is 5.82 Å². The van der Waals surface area contributed by atoms with Crippen molar-refractivity contribution in [3.05, 3.63) is 89.7 Å². The van der Waals surface area contributed by atoms with Crippen molar-refractivity contribution in [1.29, 1.82) is 0 Å². The molecule has 0 unspecified atom stereocenters. The summed E-state index contributed by atoms with van der Waals surface area (Å²) >= 11 is 0. The zero-order valence-corrected chi connectivity index (χ0v) is 25.2. The van der Waals surface area contributed by atoms with Crippen molar-refractivity contribution in [3.8, 4) is 11.5 Å². The van der Waals surface area contributed by atoms with Crippen molar-refractivity contribution in [2.75, 3.05) is 37.9 Å². The summed E-state index contributed by atoms with van der Waals surface area (Å²) in [6, 6.07) is 18.6. The van der Waals surface area contributed by atoms with Gasteiger partial charge in [0, 0.05) is 31.1 Å². The summed E-state index contributed by atoms with van der Waals surface area (Å²) in [6.45, 7) is 1.50. The van der Waals surface area contributed by atoms with E-state index >= 15 is 0 Å². The zero-order valence-electron chi connectivity index (χ0n) is 24.4. The number of carbonyl (C=O) groups excluding carboxylic acids is 2. The molecule has 0 fully saturated rings.